The van der Waals surface area contributed by atoms with E-state index in [-0.39, 0.29) is 5.91 Å². The SMILES string of the molecule is CN=C(NCCCCN1CCN(C)CC1)N1CCN(Cc2ccc(Cl)cc2)C(=O)C1. The molecule has 2 aliphatic rings. The Hall–Kier alpha value is -1.83. The number of unbranched alkanes of at least 4 members (excludes halogenated alkanes) is 1. The average molecular weight is 435 g/mol. The van der Waals surface area contributed by atoms with Gasteiger partial charge in [-0.3, -0.25) is 9.79 Å². The lowest BCUT2D eigenvalue weighted by atomic mass is 10.2. The molecule has 0 unspecified atom stereocenters. The highest BCUT2D eigenvalue weighted by Crippen LogP contribution is 2.13. The molecular weight excluding hydrogens is 400 g/mol. The van der Waals surface area contributed by atoms with Crippen LogP contribution in [0, 0.1) is 0 Å². The third-order valence-corrected chi connectivity index (χ3v) is 6.15. The van der Waals surface area contributed by atoms with E-state index in [4.69, 9.17) is 11.6 Å². The predicted octanol–water partition coefficient (Wildman–Crippen LogP) is 1.59. The smallest absolute Gasteiger partial charge is 0.242 e. The van der Waals surface area contributed by atoms with Crippen LogP contribution in [0.2, 0.25) is 5.02 Å². The Kier molecular flexibility index (Phi) is 8.78. The monoisotopic (exact) mass is 434 g/mol. The summed E-state index contributed by atoms with van der Waals surface area (Å²) in [5.41, 5.74) is 1.10. The maximum absolute atomic E-state index is 12.6. The van der Waals surface area contributed by atoms with E-state index in [0.717, 1.165) is 37.6 Å². The molecule has 0 bridgehead atoms. The van der Waals surface area contributed by atoms with Crippen LogP contribution in [0.3, 0.4) is 0 Å². The van der Waals surface area contributed by atoms with E-state index < -0.39 is 0 Å². The van der Waals surface area contributed by atoms with E-state index in [1.165, 1.54) is 32.6 Å². The molecule has 8 heteroatoms. The Bertz CT molecular complexity index is 702. The van der Waals surface area contributed by atoms with Crippen LogP contribution in [-0.2, 0) is 11.3 Å². The van der Waals surface area contributed by atoms with Gasteiger partial charge in [-0.25, -0.2) is 0 Å². The number of hydrogen-bond acceptors (Lipinski definition) is 4. The van der Waals surface area contributed by atoms with Gasteiger partial charge >= 0.3 is 0 Å². The maximum atomic E-state index is 12.6. The summed E-state index contributed by atoms with van der Waals surface area (Å²) in [6.45, 7) is 9.23. The zero-order valence-corrected chi connectivity index (χ0v) is 19.1. The van der Waals surface area contributed by atoms with Crippen molar-refractivity contribution in [3.05, 3.63) is 34.9 Å². The van der Waals surface area contributed by atoms with Gasteiger partial charge in [-0.15, -0.1) is 0 Å². The van der Waals surface area contributed by atoms with Gasteiger partial charge in [-0.2, -0.15) is 0 Å². The van der Waals surface area contributed by atoms with E-state index in [9.17, 15) is 4.79 Å². The molecule has 2 fully saturated rings. The molecule has 7 nitrogen and oxygen atoms in total. The van der Waals surface area contributed by atoms with Crippen LogP contribution in [0.25, 0.3) is 0 Å². The van der Waals surface area contributed by atoms with E-state index in [1.54, 1.807) is 7.05 Å². The minimum absolute atomic E-state index is 0.134. The Balaban J connectivity index is 1.35. The van der Waals surface area contributed by atoms with Gasteiger partial charge in [0, 0.05) is 64.4 Å². The average Bonchev–Trinajstić information content (AvgIpc) is 2.75. The number of likely N-dealkylation sites (N-methyl/N-ethyl adjacent to an activating group) is 1. The summed E-state index contributed by atoms with van der Waals surface area (Å²) in [6, 6.07) is 7.69. The second-order valence-corrected chi connectivity index (χ2v) is 8.63. The van der Waals surface area contributed by atoms with Crippen molar-refractivity contribution < 1.29 is 4.79 Å². The Morgan fingerprint density at radius 2 is 1.80 bits per heavy atom. The van der Waals surface area contributed by atoms with Crippen molar-refractivity contribution in [3.63, 3.8) is 0 Å². The lowest BCUT2D eigenvalue weighted by Crippen LogP contribution is -2.55. The summed E-state index contributed by atoms with van der Waals surface area (Å²) in [5.74, 6) is 0.961. The first kappa shape index (κ1) is 22.8. The largest absolute Gasteiger partial charge is 0.356 e. The van der Waals surface area contributed by atoms with Gasteiger partial charge < -0.3 is 24.9 Å². The quantitative estimate of drug-likeness (QED) is 0.401. The number of hydrogen-bond donors (Lipinski definition) is 1. The number of carbonyl (C=O) groups excluding carboxylic acids is 1. The maximum Gasteiger partial charge on any atom is 0.242 e. The highest BCUT2D eigenvalue weighted by molar-refractivity contribution is 6.30. The van der Waals surface area contributed by atoms with E-state index >= 15 is 0 Å². The van der Waals surface area contributed by atoms with Crippen molar-refractivity contribution in [1.82, 2.24) is 24.9 Å². The number of guanidine groups is 1. The van der Waals surface area contributed by atoms with Gasteiger partial charge in [0.15, 0.2) is 5.96 Å². The van der Waals surface area contributed by atoms with Crippen molar-refractivity contribution in [2.75, 3.05) is 73.0 Å². The highest BCUT2D eigenvalue weighted by Gasteiger charge is 2.25. The van der Waals surface area contributed by atoms with Crippen LogP contribution in [0.15, 0.2) is 29.3 Å². The van der Waals surface area contributed by atoms with Crippen LogP contribution in [-0.4, -0.2) is 104 Å². The zero-order chi connectivity index (χ0) is 21.3. The number of carbonyl (C=O) groups is 1. The molecule has 1 amide bonds. The van der Waals surface area contributed by atoms with Crippen molar-refractivity contribution >= 4 is 23.5 Å². The van der Waals surface area contributed by atoms with Gasteiger partial charge in [0.1, 0.15) is 0 Å². The molecule has 30 heavy (non-hydrogen) atoms. The van der Waals surface area contributed by atoms with Crippen LogP contribution >= 0.6 is 11.6 Å². The van der Waals surface area contributed by atoms with Crippen LogP contribution in [0.4, 0.5) is 0 Å². The number of nitrogens with zero attached hydrogens (tertiary/aromatic N) is 5. The fourth-order valence-corrected chi connectivity index (χ4v) is 4.06. The molecule has 0 aliphatic carbocycles. The summed E-state index contributed by atoms with van der Waals surface area (Å²) >= 11 is 5.95. The van der Waals surface area contributed by atoms with Gasteiger partial charge in [0.25, 0.3) is 0 Å². The van der Waals surface area contributed by atoms with Crippen molar-refractivity contribution in [2.45, 2.75) is 19.4 Å². The predicted molar refractivity (Wildman–Crippen MR) is 123 cm³/mol. The molecule has 3 rings (SSSR count). The van der Waals surface area contributed by atoms with Gasteiger partial charge in [0.05, 0.1) is 6.54 Å². The highest BCUT2D eigenvalue weighted by atomic mass is 35.5. The minimum Gasteiger partial charge on any atom is -0.356 e. The number of nitrogens with one attached hydrogen (secondary N) is 1. The fourth-order valence-electron chi connectivity index (χ4n) is 3.93. The van der Waals surface area contributed by atoms with E-state index in [1.807, 2.05) is 29.2 Å². The van der Waals surface area contributed by atoms with Crippen LogP contribution in [0.5, 0.6) is 0 Å². The standard InChI is InChI=1S/C22H35ClN6O/c1-24-22(25-9-3-4-10-27-13-11-26(2)12-14-27)29-16-15-28(21(30)18-29)17-19-5-7-20(23)8-6-19/h5-8H,3-4,9-18H2,1-2H3,(H,24,25). The molecule has 0 saturated carbocycles. The molecule has 1 aromatic rings. The summed E-state index contributed by atoms with van der Waals surface area (Å²) in [6.07, 6.45) is 2.29. The molecule has 166 valence electrons. The third kappa shape index (κ3) is 6.86. The molecule has 1 N–H and O–H groups in total. The molecule has 2 heterocycles. The number of amides is 1. The van der Waals surface area contributed by atoms with Crippen molar-refractivity contribution in [2.24, 2.45) is 4.99 Å². The summed E-state index contributed by atoms with van der Waals surface area (Å²) in [4.78, 5) is 25.9. The van der Waals surface area contributed by atoms with E-state index in [0.29, 0.717) is 24.7 Å². The number of piperazine rings is 2. The third-order valence-electron chi connectivity index (χ3n) is 5.90. The van der Waals surface area contributed by atoms with Gasteiger partial charge in [0.2, 0.25) is 5.91 Å². The molecule has 0 spiro atoms. The van der Waals surface area contributed by atoms with Crippen molar-refractivity contribution in [3.8, 4) is 0 Å². The lowest BCUT2D eigenvalue weighted by molar-refractivity contribution is -0.135. The van der Waals surface area contributed by atoms with Crippen LogP contribution < -0.4 is 5.32 Å². The first-order valence-electron chi connectivity index (χ1n) is 10.9. The second-order valence-electron chi connectivity index (χ2n) is 8.19. The summed E-state index contributed by atoms with van der Waals surface area (Å²) in [5, 5.41) is 4.16. The minimum atomic E-state index is 0.134. The Morgan fingerprint density at radius 1 is 1.07 bits per heavy atom. The summed E-state index contributed by atoms with van der Waals surface area (Å²) in [7, 11) is 3.98. The lowest BCUT2D eigenvalue weighted by Gasteiger charge is -2.36. The molecule has 2 saturated heterocycles. The normalized spacial score (nSPS) is 19.4. The fraction of sp³-hybridized carbons (Fsp3) is 0.636. The number of rotatable bonds is 7. The molecule has 1 aromatic carbocycles. The number of aliphatic imine (C=N–C) groups is 1. The Morgan fingerprint density at radius 3 is 2.47 bits per heavy atom. The van der Waals surface area contributed by atoms with Crippen molar-refractivity contribution in [1.29, 1.82) is 0 Å². The Labute approximate surface area is 185 Å². The molecule has 0 radical (unpaired) electrons. The van der Waals surface area contributed by atoms with Crippen LogP contribution in [0.1, 0.15) is 18.4 Å². The molecule has 2 aliphatic heterocycles. The van der Waals surface area contributed by atoms with Gasteiger partial charge in [-0.05, 0) is 44.1 Å². The molecule has 0 atom stereocenters. The topological polar surface area (TPSA) is 54.4 Å². The van der Waals surface area contributed by atoms with Gasteiger partial charge in [-0.1, -0.05) is 23.7 Å². The second kappa shape index (κ2) is 11.5. The number of benzene rings is 1. The first-order chi connectivity index (χ1) is 14.5. The first-order valence-corrected chi connectivity index (χ1v) is 11.3. The molecular formula is C22H35ClN6O. The number of halogens is 1. The molecule has 0 aromatic heterocycles. The van der Waals surface area contributed by atoms with E-state index in [2.05, 4.69) is 32.1 Å². The summed E-state index contributed by atoms with van der Waals surface area (Å²) < 4.78 is 0. The zero-order valence-electron chi connectivity index (χ0n) is 18.3.